The highest BCUT2D eigenvalue weighted by molar-refractivity contribution is 6.74. The molecule has 1 aliphatic rings. The molecule has 0 aliphatic carbocycles. The molecule has 1 fully saturated rings. The van der Waals surface area contributed by atoms with Crippen molar-refractivity contribution in [3.8, 4) is 0 Å². The predicted molar refractivity (Wildman–Crippen MR) is 85.6 cm³/mol. The molecule has 0 N–H and O–H groups in total. The number of ether oxygens (including phenoxy) is 1. The molecule has 4 nitrogen and oxygen atoms in total. The summed E-state index contributed by atoms with van der Waals surface area (Å²) in [5.74, 6) is -0.319. The second-order valence-electron chi connectivity index (χ2n) is 7.94. The Morgan fingerprint density at radius 2 is 1.86 bits per heavy atom. The van der Waals surface area contributed by atoms with E-state index in [-0.39, 0.29) is 23.7 Å². The summed E-state index contributed by atoms with van der Waals surface area (Å²) in [6.45, 7) is 14.8. The Morgan fingerprint density at radius 1 is 1.29 bits per heavy atom. The molecule has 0 unspecified atom stereocenters. The highest BCUT2D eigenvalue weighted by Gasteiger charge is 2.43. The molecule has 1 atom stereocenters. The molecule has 1 saturated heterocycles. The molecule has 0 aromatic heterocycles. The van der Waals surface area contributed by atoms with Crippen LogP contribution in [0.2, 0.25) is 18.1 Å². The fourth-order valence-corrected chi connectivity index (χ4v) is 2.98. The summed E-state index contributed by atoms with van der Waals surface area (Å²) in [4.78, 5) is 22.9. The zero-order valence-electron chi connectivity index (χ0n) is 14.3. The third kappa shape index (κ3) is 4.51. The Balaban J connectivity index is 2.90. The molecule has 0 bridgehead atoms. The van der Waals surface area contributed by atoms with E-state index in [1.807, 2.05) is 19.9 Å². The maximum Gasteiger partial charge on any atom is 0.336 e. The normalized spacial score (nSPS) is 22.5. The van der Waals surface area contributed by atoms with Crippen LogP contribution in [0, 0.1) is 5.41 Å². The average molecular weight is 312 g/mol. The van der Waals surface area contributed by atoms with Crippen molar-refractivity contribution in [2.45, 2.75) is 65.3 Å². The van der Waals surface area contributed by atoms with Gasteiger partial charge in [0.25, 0.3) is 0 Å². The monoisotopic (exact) mass is 312 g/mol. The van der Waals surface area contributed by atoms with Gasteiger partial charge in [-0.05, 0) is 24.6 Å². The molecule has 1 rings (SSSR count). The third-order valence-corrected chi connectivity index (χ3v) is 8.84. The van der Waals surface area contributed by atoms with Crippen LogP contribution < -0.4 is 0 Å². The Hall–Kier alpha value is -0.943. The molecule has 0 aromatic carbocycles. The second kappa shape index (κ2) is 6.05. The number of allylic oxidation sites excluding steroid dienone is 1. The van der Waals surface area contributed by atoms with Gasteiger partial charge in [-0.1, -0.05) is 40.7 Å². The number of cyclic esters (lactones) is 1. The fraction of sp³-hybridized carbons (Fsp3) is 0.750. The standard InChI is InChI=1S/C16H28O4Si/c1-15(2,3)21(6,7)20-13-10-19-14(18)12(13)8-9-16(4,5)11-17/h8,11,13H,9-10H2,1-7H3/b12-8+/t13-/m1/s1. The fourth-order valence-electron chi connectivity index (χ4n) is 1.72. The molecule has 120 valence electrons. The van der Waals surface area contributed by atoms with Gasteiger partial charge in [0.05, 0.1) is 5.57 Å². The maximum atomic E-state index is 11.9. The van der Waals surface area contributed by atoms with E-state index in [4.69, 9.17) is 9.16 Å². The van der Waals surface area contributed by atoms with E-state index in [0.29, 0.717) is 12.0 Å². The first-order valence-corrected chi connectivity index (χ1v) is 10.3. The summed E-state index contributed by atoms with van der Waals surface area (Å²) in [5, 5.41) is 0.0752. The number of hydrogen-bond donors (Lipinski definition) is 0. The number of carbonyl (C=O) groups is 2. The zero-order valence-corrected chi connectivity index (χ0v) is 15.3. The highest BCUT2D eigenvalue weighted by atomic mass is 28.4. The van der Waals surface area contributed by atoms with E-state index < -0.39 is 13.7 Å². The van der Waals surface area contributed by atoms with E-state index >= 15 is 0 Å². The topological polar surface area (TPSA) is 52.6 Å². The molecule has 0 aromatic rings. The number of rotatable bonds is 5. The van der Waals surface area contributed by atoms with Gasteiger partial charge in [0, 0.05) is 5.41 Å². The summed E-state index contributed by atoms with van der Waals surface area (Å²) < 4.78 is 11.4. The van der Waals surface area contributed by atoms with Crippen molar-refractivity contribution in [1.29, 1.82) is 0 Å². The van der Waals surface area contributed by atoms with Crippen molar-refractivity contribution in [3.05, 3.63) is 11.6 Å². The Labute approximate surface area is 129 Å². The van der Waals surface area contributed by atoms with Crippen molar-refractivity contribution < 1.29 is 18.8 Å². The molecule has 0 spiro atoms. The SMILES string of the molecule is CC(C)(C=O)C/C=C1/C(=O)OC[C@H]1O[Si](C)(C)C(C)(C)C. The van der Waals surface area contributed by atoms with Crippen molar-refractivity contribution in [2.75, 3.05) is 6.61 Å². The predicted octanol–water partition coefficient (Wildman–Crippen LogP) is 3.48. The van der Waals surface area contributed by atoms with Gasteiger partial charge in [0.1, 0.15) is 19.0 Å². The number of esters is 1. The van der Waals surface area contributed by atoms with Gasteiger partial charge >= 0.3 is 5.97 Å². The van der Waals surface area contributed by atoms with E-state index in [1.54, 1.807) is 0 Å². The molecular formula is C16H28O4Si. The van der Waals surface area contributed by atoms with Crippen LogP contribution >= 0.6 is 0 Å². The number of carbonyl (C=O) groups excluding carboxylic acids is 2. The number of hydrogen-bond acceptors (Lipinski definition) is 4. The van der Waals surface area contributed by atoms with Gasteiger partial charge in [-0.25, -0.2) is 4.79 Å². The van der Waals surface area contributed by atoms with E-state index in [0.717, 1.165) is 6.29 Å². The van der Waals surface area contributed by atoms with E-state index in [9.17, 15) is 9.59 Å². The summed E-state index contributed by atoms with van der Waals surface area (Å²) in [6, 6.07) is 0. The van der Waals surface area contributed by atoms with Gasteiger partial charge < -0.3 is 14.0 Å². The van der Waals surface area contributed by atoms with Gasteiger partial charge in [-0.15, -0.1) is 0 Å². The van der Waals surface area contributed by atoms with Crippen molar-refractivity contribution >= 4 is 20.6 Å². The van der Waals surface area contributed by atoms with Crippen LogP contribution in [0.15, 0.2) is 11.6 Å². The minimum atomic E-state index is -1.97. The molecule has 0 radical (unpaired) electrons. The summed E-state index contributed by atoms with van der Waals surface area (Å²) >= 11 is 0. The smallest absolute Gasteiger partial charge is 0.336 e. The van der Waals surface area contributed by atoms with Crippen LogP contribution in [0.1, 0.15) is 41.0 Å². The van der Waals surface area contributed by atoms with Crippen molar-refractivity contribution in [2.24, 2.45) is 5.41 Å². The van der Waals surface area contributed by atoms with Crippen molar-refractivity contribution in [3.63, 3.8) is 0 Å². The Kier molecular flexibility index (Phi) is 5.21. The van der Waals surface area contributed by atoms with Crippen LogP contribution in [0.3, 0.4) is 0 Å². The molecule has 0 saturated carbocycles. The first kappa shape index (κ1) is 18.1. The van der Waals surface area contributed by atoms with Crippen molar-refractivity contribution in [1.82, 2.24) is 0 Å². The lowest BCUT2D eigenvalue weighted by molar-refractivity contribution is -0.135. The van der Waals surface area contributed by atoms with Crippen LogP contribution in [0.5, 0.6) is 0 Å². The minimum Gasteiger partial charge on any atom is -0.459 e. The van der Waals surface area contributed by atoms with Crippen LogP contribution in [0.25, 0.3) is 0 Å². The molecular weight excluding hydrogens is 284 g/mol. The first-order chi connectivity index (χ1) is 9.39. The second-order valence-corrected chi connectivity index (χ2v) is 12.7. The lowest BCUT2D eigenvalue weighted by Crippen LogP contribution is -2.44. The molecule has 21 heavy (non-hydrogen) atoms. The Morgan fingerprint density at radius 3 is 2.33 bits per heavy atom. The first-order valence-electron chi connectivity index (χ1n) is 7.41. The molecule has 1 aliphatic heterocycles. The van der Waals surface area contributed by atoms with E-state index in [2.05, 4.69) is 33.9 Å². The third-order valence-electron chi connectivity index (χ3n) is 4.36. The average Bonchev–Trinajstić information content (AvgIpc) is 2.66. The van der Waals surface area contributed by atoms with Gasteiger partial charge in [-0.3, -0.25) is 0 Å². The maximum absolute atomic E-state index is 11.9. The zero-order chi connectivity index (χ0) is 16.5. The van der Waals surface area contributed by atoms with Gasteiger partial charge in [0.2, 0.25) is 0 Å². The largest absolute Gasteiger partial charge is 0.459 e. The quantitative estimate of drug-likeness (QED) is 0.337. The van der Waals surface area contributed by atoms with Crippen LogP contribution in [0.4, 0.5) is 0 Å². The molecule has 1 heterocycles. The van der Waals surface area contributed by atoms with Crippen LogP contribution in [-0.4, -0.2) is 33.3 Å². The highest BCUT2D eigenvalue weighted by Crippen LogP contribution is 2.39. The van der Waals surface area contributed by atoms with Gasteiger partial charge in [0.15, 0.2) is 8.32 Å². The molecule has 0 amide bonds. The number of aldehydes is 1. The van der Waals surface area contributed by atoms with Crippen LogP contribution in [-0.2, 0) is 18.8 Å². The lowest BCUT2D eigenvalue weighted by Gasteiger charge is -2.38. The minimum absolute atomic E-state index is 0.0752. The molecule has 5 heteroatoms. The van der Waals surface area contributed by atoms with Gasteiger partial charge in [-0.2, -0.15) is 0 Å². The summed E-state index contributed by atoms with van der Waals surface area (Å²) in [5.41, 5.74) is 0.0898. The van der Waals surface area contributed by atoms with E-state index in [1.165, 1.54) is 0 Å². The summed E-state index contributed by atoms with van der Waals surface area (Å²) in [6.07, 6.45) is 2.93. The Bertz CT molecular complexity index is 444. The summed E-state index contributed by atoms with van der Waals surface area (Å²) in [7, 11) is -1.97. The lowest BCUT2D eigenvalue weighted by atomic mass is 9.90.